The fraction of sp³-hybridized carbons (Fsp3) is 0.500. The molecule has 0 amide bonds. The van der Waals surface area contributed by atoms with Gasteiger partial charge in [0, 0.05) is 13.7 Å². The summed E-state index contributed by atoms with van der Waals surface area (Å²) in [6.07, 6.45) is 1.84. The van der Waals surface area contributed by atoms with Gasteiger partial charge in [-0.05, 0) is 18.4 Å². The van der Waals surface area contributed by atoms with Crippen LogP contribution in [0.15, 0.2) is 34.9 Å². The van der Waals surface area contributed by atoms with Crippen LogP contribution in [0.2, 0.25) is 0 Å². The van der Waals surface area contributed by atoms with Gasteiger partial charge < -0.3 is 14.6 Å². The van der Waals surface area contributed by atoms with Crippen LogP contribution in [-0.4, -0.2) is 30.4 Å². The lowest BCUT2D eigenvalue weighted by atomic mass is 9.75. The summed E-state index contributed by atoms with van der Waals surface area (Å²) >= 11 is 0. The molecule has 1 heterocycles. The number of anilines is 1. The molecule has 0 unspecified atom stereocenters. The van der Waals surface area contributed by atoms with E-state index in [9.17, 15) is 0 Å². The molecule has 5 nitrogen and oxygen atoms in total. The van der Waals surface area contributed by atoms with Gasteiger partial charge in [0.1, 0.15) is 0 Å². The Hall–Kier alpha value is -1.88. The number of methoxy groups -OCH3 is 1. The summed E-state index contributed by atoms with van der Waals surface area (Å²) in [5.74, 6) is 0.735. The van der Waals surface area contributed by atoms with E-state index < -0.39 is 0 Å². The fourth-order valence-electron chi connectivity index (χ4n) is 2.61. The van der Waals surface area contributed by atoms with Crippen LogP contribution in [0, 0.1) is 0 Å². The number of aromatic nitrogens is 2. The standard InChI is InChI=1S/C16H23N3O2/c1-4-16(5-2,13-9-7-6-8-10-13)14-18-15(21-19-14)17-11-12-20-3/h6-10H,4-5,11-12H2,1-3H3,(H,17,18,19). The van der Waals surface area contributed by atoms with Crippen LogP contribution in [0.25, 0.3) is 0 Å². The smallest absolute Gasteiger partial charge is 0.321 e. The summed E-state index contributed by atoms with van der Waals surface area (Å²) in [4.78, 5) is 4.53. The number of ether oxygens (including phenoxy) is 1. The maximum Gasteiger partial charge on any atom is 0.321 e. The van der Waals surface area contributed by atoms with E-state index in [1.807, 2.05) is 18.2 Å². The van der Waals surface area contributed by atoms with E-state index in [1.165, 1.54) is 5.56 Å². The minimum Gasteiger partial charge on any atom is -0.383 e. The third kappa shape index (κ3) is 3.24. The quantitative estimate of drug-likeness (QED) is 0.756. The van der Waals surface area contributed by atoms with Gasteiger partial charge in [0.2, 0.25) is 0 Å². The van der Waals surface area contributed by atoms with Crippen LogP contribution in [0.4, 0.5) is 6.01 Å². The summed E-state index contributed by atoms with van der Waals surface area (Å²) < 4.78 is 10.3. The van der Waals surface area contributed by atoms with Gasteiger partial charge >= 0.3 is 6.01 Å². The van der Waals surface area contributed by atoms with Crippen molar-refractivity contribution in [3.05, 3.63) is 41.7 Å². The van der Waals surface area contributed by atoms with E-state index in [-0.39, 0.29) is 5.41 Å². The van der Waals surface area contributed by atoms with Gasteiger partial charge in [0.15, 0.2) is 5.82 Å². The lowest BCUT2D eigenvalue weighted by Gasteiger charge is -2.28. The van der Waals surface area contributed by atoms with Crippen molar-refractivity contribution < 1.29 is 9.26 Å². The molecular formula is C16H23N3O2. The van der Waals surface area contributed by atoms with Crippen LogP contribution in [-0.2, 0) is 10.2 Å². The Morgan fingerprint density at radius 1 is 1.19 bits per heavy atom. The van der Waals surface area contributed by atoms with Crippen LogP contribution < -0.4 is 5.32 Å². The van der Waals surface area contributed by atoms with E-state index in [0.717, 1.165) is 18.7 Å². The first kappa shape index (κ1) is 15.5. The second kappa shape index (κ2) is 7.22. The zero-order valence-electron chi connectivity index (χ0n) is 12.9. The number of nitrogens with zero attached hydrogens (tertiary/aromatic N) is 2. The molecule has 0 aliphatic rings. The molecule has 0 bridgehead atoms. The molecule has 21 heavy (non-hydrogen) atoms. The van der Waals surface area contributed by atoms with Crippen molar-refractivity contribution >= 4 is 6.01 Å². The molecule has 0 spiro atoms. The highest BCUT2D eigenvalue weighted by Crippen LogP contribution is 2.37. The largest absolute Gasteiger partial charge is 0.383 e. The van der Waals surface area contributed by atoms with Crippen molar-refractivity contribution in [3.63, 3.8) is 0 Å². The molecule has 0 saturated carbocycles. The maximum absolute atomic E-state index is 5.31. The third-order valence-corrected chi connectivity index (χ3v) is 3.97. The Morgan fingerprint density at radius 2 is 1.90 bits per heavy atom. The summed E-state index contributed by atoms with van der Waals surface area (Å²) in [5, 5.41) is 7.27. The number of benzene rings is 1. The summed E-state index contributed by atoms with van der Waals surface area (Å²) in [6.45, 7) is 5.56. The number of rotatable bonds is 8. The van der Waals surface area contributed by atoms with Crippen LogP contribution in [0.1, 0.15) is 38.1 Å². The Kier molecular flexibility index (Phi) is 5.33. The molecule has 5 heteroatoms. The van der Waals surface area contributed by atoms with E-state index in [1.54, 1.807) is 7.11 Å². The number of nitrogens with one attached hydrogen (secondary N) is 1. The minimum absolute atomic E-state index is 0.202. The predicted molar refractivity (Wildman–Crippen MR) is 82.5 cm³/mol. The molecule has 1 aromatic heterocycles. The van der Waals surface area contributed by atoms with Gasteiger partial charge in [-0.3, -0.25) is 0 Å². The highest BCUT2D eigenvalue weighted by atomic mass is 16.5. The molecule has 0 aliphatic carbocycles. The van der Waals surface area contributed by atoms with Crippen molar-refractivity contribution in [2.45, 2.75) is 32.1 Å². The maximum atomic E-state index is 5.31. The van der Waals surface area contributed by atoms with Crippen LogP contribution in [0.5, 0.6) is 0 Å². The zero-order valence-corrected chi connectivity index (χ0v) is 12.9. The summed E-state index contributed by atoms with van der Waals surface area (Å²) in [5.41, 5.74) is 1.02. The summed E-state index contributed by atoms with van der Waals surface area (Å²) in [6, 6.07) is 10.8. The van der Waals surface area contributed by atoms with Crippen molar-refractivity contribution in [2.75, 3.05) is 25.6 Å². The molecule has 1 N–H and O–H groups in total. The molecule has 0 saturated heterocycles. The monoisotopic (exact) mass is 289 g/mol. The SMILES string of the molecule is CCC(CC)(c1ccccc1)c1noc(NCCOC)n1. The van der Waals surface area contributed by atoms with Gasteiger partial charge in [0.25, 0.3) is 0 Å². The first-order chi connectivity index (χ1) is 10.3. The Morgan fingerprint density at radius 3 is 2.52 bits per heavy atom. The van der Waals surface area contributed by atoms with E-state index >= 15 is 0 Å². The molecule has 1 aromatic carbocycles. The molecule has 2 rings (SSSR count). The number of hydrogen-bond acceptors (Lipinski definition) is 5. The topological polar surface area (TPSA) is 60.2 Å². The highest BCUT2D eigenvalue weighted by Gasteiger charge is 2.35. The van der Waals surface area contributed by atoms with E-state index in [2.05, 4.69) is 41.4 Å². The van der Waals surface area contributed by atoms with Gasteiger partial charge in [-0.25, -0.2) is 0 Å². The average Bonchev–Trinajstić information content (AvgIpc) is 3.00. The van der Waals surface area contributed by atoms with Gasteiger partial charge in [-0.15, -0.1) is 0 Å². The van der Waals surface area contributed by atoms with Gasteiger partial charge in [0.05, 0.1) is 12.0 Å². The zero-order chi connectivity index (χ0) is 15.1. The third-order valence-electron chi connectivity index (χ3n) is 3.97. The van der Waals surface area contributed by atoms with Crippen LogP contribution >= 0.6 is 0 Å². The molecule has 2 aromatic rings. The normalized spacial score (nSPS) is 11.6. The fourth-order valence-corrected chi connectivity index (χ4v) is 2.61. The summed E-state index contributed by atoms with van der Waals surface area (Å²) in [7, 11) is 1.66. The van der Waals surface area contributed by atoms with Gasteiger partial charge in [-0.2, -0.15) is 4.98 Å². The van der Waals surface area contributed by atoms with Crippen molar-refractivity contribution in [2.24, 2.45) is 0 Å². The van der Waals surface area contributed by atoms with E-state index in [0.29, 0.717) is 19.2 Å². The second-order valence-electron chi connectivity index (χ2n) is 5.00. The van der Waals surface area contributed by atoms with Crippen LogP contribution in [0.3, 0.4) is 0 Å². The molecule has 0 aliphatic heterocycles. The Balaban J connectivity index is 2.27. The van der Waals surface area contributed by atoms with Gasteiger partial charge in [-0.1, -0.05) is 49.3 Å². The van der Waals surface area contributed by atoms with Crippen molar-refractivity contribution in [3.8, 4) is 0 Å². The molecule has 0 fully saturated rings. The van der Waals surface area contributed by atoms with Crippen molar-refractivity contribution in [1.29, 1.82) is 0 Å². The Labute approximate surface area is 125 Å². The molecule has 114 valence electrons. The average molecular weight is 289 g/mol. The number of hydrogen-bond donors (Lipinski definition) is 1. The molecule has 0 atom stereocenters. The molecule has 0 radical (unpaired) electrons. The van der Waals surface area contributed by atoms with E-state index in [4.69, 9.17) is 9.26 Å². The first-order valence-electron chi connectivity index (χ1n) is 7.39. The second-order valence-corrected chi connectivity index (χ2v) is 5.00. The Bertz CT molecular complexity index is 535. The first-order valence-corrected chi connectivity index (χ1v) is 7.39. The highest BCUT2D eigenvalue weighted by molar-refractivity contribution is 5.34. The minimum atomic E-state index is -0.202. The lowest BCUT2D eigenvalue weighted by molar-refractivity contribution is 0.210. The molecular weight excluding hydrogens is 266 g/mol. The van der Waals surface area contributed by atoms with Crippen molar-refractivity contribution in [1.82, 2.24) is 10.1 Å². The lowest BCUT2D eigenvalue weighted by Crippen LogP contribution is -2.27. The predicted octanol–water partition coefficient (Wildman–Crippen LogP) is 3.23.